The third kappa shape index (κ3) is 2.46. The summed E-state index contributed by atoms with van der Waals surface area (Å²) in [6.07, 6.45) is 2.93. The lowest BCUT2D eigenvalue weighted by Gasteiger charge is -2.38. The summed E-state index contributed by atoms with van der Waals surface area (Å²) in [4.78, 5) is 18.8. The molecular weight excluding hydrogens is 192 g/mol. The van der Waals surface area contributed by atoms with Gasteiger partial charge in [0.15, 0.2) is 0 Å². The van der Waals surface area contributed by atoms with Crippen LogP contribution in [0, 0.1) is 5.92 Å². The van der Waals surface area contributed by atoms with E-state index in [9.17, 15) is 0 Å². The van der Waals surface area contributed by atoms with Crippen molar-refractivity contribution in [3.05, 3.63) is 0 Å². The van der Waals surface area contributed by atoms with E-state index in [1.54, 1.807) is 0 Å². The smallest absolute Gasteiger partial charge is 0.326 e. The van der Waals surface area contributed by atoms with Crippen LogP contribution in [0.5, 0.6) is 0 Å². The molecule has 0 amide bonds. The average Bonchev–Trinajstić information content (AvgIpc) is 2.62. The highest BCUT2D eigenvalue weighted by Gasteiger charge is 2.47. The van der Waals surface area contributed by atoms with Gasteiger partial charge in [-0.2, -0.15) is 9.59 Å². The van der Waals surface area contributed by atoms with Crippen LogP contribution in [0.2, 0.25) is 0 Å². The Bertz CT molecular complexity index is 254. The quantitative estimate of drug-likeness (QED) is 0.639. The lowest BCUT2D eigenvalue weighted by atomic mass is 10.0. The number of carbonyl (C=O) groups excluding carboxylic acids is 2. The first kappa shape index (κ1) is 12.4. The number of fused-ring (bicyclic) bond motifs is 2. The van der Waals surface area contributed by atoms with E-state index in [-0.39, 0.29) is 6.15 Å². The van der Waals surface area contributed by atoms with Crippen LogP contribution in [-0.4, -0.2) is 35.2 Å². The van der Waals surface area contributed by atoms with Gasteiger partial charge in [0, 0.05) is 24.2 Å². The summed E-state index contributed by atoms with van der Waals surface area (Å²) in [6, 6.07) is 1.14. The third-order valence-corrected chi connectivity index (χ3v) is 3.52. The van der Waals surface area contributed by atoms with Gasteiger partial charge in [0.2, 0.25) is 0 Å². The molecule has 1 saturated carbocycles. The SMILES string of the molecule is CC(C)(C)N1CC2CCC1C2N.O=C=O. The van der Waals surface area contributed by atoms with Gasteiger partial charge < -0.3 is 5.73 Å². The first-order valence-corrected chi connectivity index (χ1v) is 5.43. The van der Waals surface area contributed by atoms with Gasteiger partial charge in [-0.1, -0.05) is 0 Å². The molecule has 2 bridgehead atoms. The first-order valence-electron chi connectivity index (χ1n) is 5.43. The summed E-state index contributed by atoms with van der Waals surface area (Å²) in [5, 5.41) is 0. The molecule has 0 aromatic heterocycles. The van der Waals surface area contributed by atoms with Crippen molar-refractivity contribution < 1.29 is 9.59 Å². The lowest BCUT2D eigenvalue weighted by Crippen LogP contribution is -2.48. The number of nitrogens with two attached hydrogens (primary N) is 1. The fourth-order valence-electron chi connectivity index (χ4n) is 2.82. The van der Waals surface area contributed by atoms with Gasteiger partial charge in [-0.3, -0.25) is 4.90 Å². The zero-order valence-corrected chi connectivity index (χ0v) is 9.69. The maximum Gasteiger partial charge on any atom is 0.373 e. The van der Waals surface area contributed by atoms with Gasteiger partial charge in [-0.25, -0.2) is 0 Å². The molecule has 15 heavy (non-hydrogen) atoms. The number of likely N-dealkylation sites (tertiary alicyclic amines) is 1. The molecule has 1 aliphatic carbocycles. The molecule has 2 N–H and O–H groups in total. The lowest BCUT2D eigenvalue weighted by molar-refractivity contribution is -0.191. The van der Waals surface area contributed by atoms with E-state index in [1.807, 2.05) is 0 Å². The van der Waals surface area contributed by atoms with Crippen LogP contribution in [0.4, 0.5) is 0 Å². The summed E-state index contributed by atoms with van der Waals surface area (Å²) in [5.74, 6) is 0.786. The van der Waals surface area contributed by atoms with Crippen molar-refractivity contribution >= 4 is 6.15 Å². The van der Waals surface area contributed by atoms with Crippen LogP contribution in [-0.2, 0) is 9.59 Å². The fraction of sp³-hybridized carbons (Fsp3) is 0.909. The van der Waals surface area contributed by atoms with Crippen LogP contribution in [0.1, 0.15) is 33.6 Å². The first-order chi connectivity index (χ1) is 6.91. The molecule has 4 nitrogen and oxygen atoms in total. The average molecular weight is 212 g/mol. The van der Waals surface area contributed by atoms with Gasteiger partial charge in [0.25, 0.3) is 0 Å². The van der Waals surface area contributed by atoms with Crippen molar-refractivity contribution in [1.29, 1.82) is 0 Å². The van der Waals surface area contributed by atoms with E-state index in [1.165, 1.54) is 19.4 Å². The number of piperidine rings is 1. The third-order valence-electron chi connectivity index (χ3n) is 3.52. The highest BCUT2D eigenvalue weighted by Crippen LogP contribution is 2.40. The van der Waals surface area contributed by atoms with Crippen LogP contribution in [0.15, 0.2) is 0 Å². The van der Waals surface area contributed by atoms with Crippen LogP contribution >= 0.6 is 0 Å². The summed E-state index contributed by atoms with van der Waals surface area (Å²) < 4.78 is 0. The van der Waals surface area contributed by atoms with Crippen LogP contribution in [0.3, 0.4) is 0 Å². The van der Waals surface area contributed by atoms with E-state index in [0.717, 1.165) is 5.92 Å². The summed E-state index contributed by atoms with van der Waals surface area (Å²) in [5.41, 5.74) is 6.45. The molecule has 2 fully saturated rings. The number of hydrogen-bond donors (Lipinski definition) is 1. The Balaban J connectivity index is 0.000000337. The zero-order chi connectivity index (χ0) is 11.6. The zero-order valence-electron chi connectivity index (χ0n) is 9.69. The van der Waals surface area contributed by atoms with E-state index in [2.05, 4.69) is 25.7 Å². The molecule has 0 aromatic rings. The Labute approximate surface area is 90.8 Å². The Morgan fingerprint density at radius 1 is 1.27 bits per heavy atom. The topological polar surface area (TPSA) is 63.4 Å². The second kappa shape index (κ2) is 4.44. The molecule has 3 unspecified atom stereocenters. The summed E-state index contributed by atoms with van der Waals surface area (Å²) >= 11 is 0. The molecule has 0 radical (unpaired) electrons. The predicted molar refractivity (Wildman–Crippen MR) is 56.0 cm³/mol. The van der Waals surface area contributed by atoms with Gasteiger partial charge in [-0.05, 0) is 39.5 Å². The van der Waals surface area contributed by atoms with E-state index in [0.29, 0.717) is 17.6 Å². The Morgan fingerprint density at radius 3 is 2.00 bits per heavy atom. The predicted octanol–water partition coefficient (Wildman–Crippen LogP) is 0.623. The monoisotopic (exact) mass is 212 g/mol. The maximum absolute atomic E-state index is 8.12. The Hall–Kier alpha value is -0.700. The normalized spacial score (nSPS) is 34.5. The Morgan fingerprint density at radius 2 is 1.80 bits per heavy atom. The van der Waals surface area contributed by atoms with E-state index in [4.69, 9.17) is 15.3 Å². The molecule has 4 heteroatoms. The molecule has 1 saturated heterocycles. The number of hydrogen-bond acceptors (Lipinski definition) is 4. The van der Waals surface area contributed by atoms with Crippen LogP contribution < -0.4 is 5.73 Å². The second-order valence-electron chi connectivity index (χ2n) is 5.39. The van der Waals surface area contributed by atoms with Gasteiger partial charge in [-0.15, -0.1) is 0 Å². The molecule has 3 atom stereocenters. The molecular formula is C11H20N2O2. The van der Waals surface area contributed by atoms with E-state index >= 15 is 0 Å². The number of nitrogens with zero attached hydrogens (tertiary/aromatic N) is 1. The minimum absolute atomic E-state index is 0.250. The van der Waals surface area contributed by atoms with Crippen molar-refractivity contribution in [2.24, 2.45) is 11.7 Å². The summed E-state index contributed by atoms with van der Waals surface area (Å²) in [6.45, 7) is 8.11. The molecule has 86 valence electrons. The van der Waals surface area contributed by atoms with Gasteiger partial charge in [0.05, 0.1) is 0 Å². The van der Waals surface area contributed by atoms with Crippen molar-refractivity contribution in [3.8, 4) is 0 Å². The molecule has 0 aromatic carbocycles. The summed E-state index contributed by atoms with van der Waals surface area (Å²) in [7, 11) is 0. The van der Waals surface area contributed by atoms with Crippen molar-refractivity contribution in [2.75, 3.05) is 6.54 Å². The second-order valence-corrected chi connectivity index (χ2v) is 5.39. The van der Waals surface area contributed by atoms with Crippen molar-refractivity contribution in [1.82, 2.24) is 4.90 Å². The maximum atomic E-state index is 8.12. The largest absolute Gasteiger partial charge is 0.373 e. The number of rotatable bonds is 0. The van der Waals surface area contributed by atoms with Crippen LogP contribution in [0.25, 0.3) is 0 Å². The molecule has 1 heterocycles. The fourth-order valence-corrected chi connectivity index (χ4v) is 2.82. The minimum atomic E-state index is 0.250. The highest BCUT2D eigenvalue weighted by atomic mass is 16.2. The minimum Gasteiger partial charge on any atom is -0.326 e. The molecule has 2 aliphatic rings. The Kier molecular flexibility index (Phi) is 3.66. The molecule has 1 aliphatic heterocycles. The van der Waals surface area contributed by atoms with Gasteiger partial charge >= 0.3 is 6.15 Å². The van der Waals surface area contributed by atoms with Crippen molar-refractivity contribution in [3.63, 3.8) is 0 Å². The molecule has 0 spiro atoms. The molecule has 2 rings (SSSR count). The highest BCUT2D eigenvalue weighted by molar-refractivity contribution is 5.20. The van der Waals surface area contributed by atoms with Gasteiger partial charge in [0.1, 0.15) is 0 Å². The van der Waals surface area contributed by atoms with Crippen molar-refractivity contribution in [2.45, 2.75) is 51.2 Å². The van der Waals surface area contributed by atoms with E-state index < -0.39 is 0 Å². The standard InChI is InChI=1S/C10H20N2.CO2/c1-10(2,3)12-6-7-4-5-8(12)9(7)11;2-1-3/h7-9H,4-6,11H2,1-3H3;.